The van der Waals surface area contributed by atoms with Crippen LogP contribution in [0.3, 0.4) is 0 Å². The van der Waals surface area contributed by atoms with E-state index in [4.69, 9.17) is 0 Å². The molecule has 1 amide bonds. The first-order valence-electron chi connectivity index (χ1n) is 9.28. The molecule has 0 spiro atoms. The van der Waals surface area contributed by atoms with E-state index in [-0.39, 0.29) is 5.91 Å². The van der Waals surface area contributed by atoms with Crippen LogP contribution in [-0.2, 0) is 0 Å². The quantitative estimate of drug-likeness (QED) is 0.748. The van der Waals surface area contributed by atoms with Gasteiger partial charge in [0.15, 0.2) is 0 Å². The number of amides is 1. The lowest BCUT2D eigenvalue weighted by Crippen LogP contribution is -2.31. The molecule has 1 aliphatic rings. The number of hydrogen-bond donors (Lipinski definition) is 2. The molecule has 3 aromatic rings. The number of carbonyl (C=O) groups is 1. The summed E-state index contributed by atoms with van der Waals surface area (Å²) < 4.78 is 0. The van der Waals surface area contributed by atoms with Gasteiger partial charge in [-0.15, -0.1) is 0 Å². The highest BCUT2D eigenvalue weighted by Gasteiger charge is 2.23. The van der Waals surface area contributed by atoms with Crippen LogP contribution in [0.1, 0.15) is 28.0 Å². The van der Waals surface area contributed by atoms with Crippen LogP contribution in [0.4, 0.5) is 5.69 Å². The van der Waals surface area contributed by atoms with Crippen LogP contribution in [-0.4, -0.2) is 30.5 Å². The number of aromatic amines is 1. The van der Waals surface area contributed by atoms with E-state index in [1.165, 1.54) is 16.8 Å². The van der Waals surface area contributed by atoms with Crippen molar-refractivity contribution in [2.24, 2.45) is 5.92 Å². The predicted molar refractivity (Wildman–Crippen MR) is 107 cm³/mol. The lowest BCUT2D eigenvalue weighted by Gasteiger charge is -2.18. The average molecular weight is 347 g/mol. The van der Waals surface area contributed by atoms with Gasteiger partial charge in [-0.3, -0.25) is 4.79 Å². The SMILES string of the molecule is Cc1cc(C)c2cc(C(=O)NCC3CCN(c4ccccc4)C3)[nH]c2c1. The Morgan fingerprint density at radius 3 is 2.81 bits per heavy atom. The third-order valence-corrected chi connectivity index (χ3v) is 5.29. The Hall–Kier alpha value is -2.75. The molecule has 1 atom stereocenters. The van der Waals surface area contributed by atoms with E-state index in [1.54, 1.807) is 0 Å². The smallest absolute Gasteiger partial charge is 0.267 e. The molecule has 2 N–H and O–H groups in total. The molecule has 1 saturated heterocycles. The third-order valence-electron chi connectivity index (χ3n) is 5.29. The zero-order valence-corrected chi connectivity index (χ0v) is 15.4. The molecule has 0 aliphatic carbocycles. The number of anilines is 1. The number of carbonyl (C=O) groups excluding carboxylic acids is 1. The lowest BCUT2D eigenvalue weighted by atomic mass is 10.1. The van der Waals surface area contributed by atoms with E-state index in [1.807, 2.05) is 12.1 Å². The highest BCUT2D eigenvalue weighted by atomic mass is 16.1. The number of rotatable bonds is 4. The van der Waals surface area contributed by atoms with Crippen LogP contribution in [0.5, 0.6) is 0 Å². The molecule has 4 nitrogen and oxygen atoms in total. The predicted octanol–water partition coefficient (Wildman–Crippen LogP) is 4.04. The van der Waals surface area contributed by atoms with Crippen molar-refractivity contribution in [2.45, 2.75) is 20.3 Å². The number of nitrogens with one attached hydrogen (secondary N) is 2. The fourth-order valence-corrected chi connectivity index (χ4v) is 3.93. The van der Waals surface area contributed by atoms with Gasteiger partial charge >= 0.3 is 0 Å². The van der Waals surface area contributed by atoms with Crippen molar-refractivity contribution < 1.29 is 4.79 Å². The molecule has 4 heteroatoms. The minimum atomic E-state index is -0.0172. The molecule has 1 aliphatic heterocycles. The third kappa shape index (κ3) is 3.32. The van der Waals surface area contributed by atoms with Gasteiger partial charge in [0, 0.05) is 36.2 Å². The Balaban J connectivity index is 1.38. The fraction of sp³-hybridized carbons (Fsp3) is 0.318. The largest absolute Gasteiger partial charge is 0.371 e. The number of benzene rings is 2. The number of nitrogens with zero attached hydrogens (tertiary/aromatic N) is 1. The number of aryl methyl sites for hydroxylation is 2. The summed E-state index contributed by atoms with van der Waals surface area (Å²) in [6, 6.07) is 16.7. The molecule has 134 valence electrons. The molecule has 0 radical (unpaired) electrons. The monoisotopic (exact) mass is 347 g/mol. The first-order valence-corrected chi connectivity index (χ1v) is 9.28. The maximum absolute atomic E-state index is 12.6. The van der Waals surface area contributed by atoms with Gasteiger partial charge in [-0.1, -0.05) is 24.3 Å². The number of aromatic nitrogens is 1. The summed E-state index contributed by atoms with van der Waals surface area (Å²) in [5.74, 6) is 0.476. The van der Waals surface area contributed by atoms with E-state index in [0.29, 0.717) is 11.6 Å². The van der Waals surface area contributed by atoms with Crippen molar-refractivity contribution >= 4 is 22.5 Å². The Kier molecular flexibility index (Phi) is 4.41. The van der Waals surface area contributed by atoms with Gasteiger partial charge in [0.1, 0.15) is 5.69 Å². The van der Waals surface area contributed by atoms with Crippen molar-refractivity contribution in [1.82, 2.24) is 10.3 Å². The summed E-state index contributed by atoms with van der Waals surface area (Å²) >= 11 is 0. The number of H-pyrrole nitrogens is 1. The second-order valence-electron chi connectivity index (χ2n) is 7.37. The molecule has 0 saturated carbocycles. The van der Waals surface area contributed by atoms with Crippen molar-refractivity contribution in [3.63, 3.8) is 0 Å². The van der Waals surface area contributed by atoms with Crippen LogP contribution in [0, 0.1) is 19.8 Å². The summed E-state index contributed by atoms with van der Waals surface area (Å²) in [7, 11) is 0. The fourth-order valence-electron chi connectivity index (χ4n) is 3.93. The normalized spacial score (nSPS) is 17.0. The highest BCUT2D eigenvalue weighted by Crippen LogP contribution is 2.24. The lowest BCUT2D eigenvalue weighted by molar-refractivity contribution is 0.0944. The zero-order valence-electron chi connectivity index (χ0n) is 15.4. The molecular formula is C22H25N3O. The second-order valence-corrected chi connectivity index (χ2v) is 7.37. The maximum atomic E-state index is 12.6. The number of hydrogen-bond acceptors (Lipinski definition) is 2. The molecule has 2 heterocycles. The summed E-state index contributed by atoms with van der Waals surface area (Å²) in [4.78, 5) is 18.2. The van der Waals surface area contributed by atoms with Crippen molar-refractivity contribution in [1.29, 1.82) is 0 Å². The van der Waals surface area contributed by atoms with E-state index >= 15 is 0 Å². The number of fused-ring (bicyclic) bond motifs is 1. The second kappa shape index (κ2) is 6.87. The van der Waals surface area contributed by atoms with Gasteiger partial charge < -0.3 is 15.2 Å². The van der Waals surface area contributed by atoms with Gasteiger partial charge in [-0.05, 0) is 61.6 Å². The van der Waals surface area contributed by atoms with Crippen LogP contribution < -0.4 is 10.2 Å². The Labute approximate surface area is 154 Å². The molecule has 4 rings (SSSR count). The highest BCUT2D eigenvalue weighted by molar-refractivity contribution is 5.99. The van der Waals surface area contributed by atoms with Crippen LogP contribution >= 0.6 is 0 Å². The standard InChI is InChI=1S/C22H25N3O/c1-15-10-16(2)19-12-21(24-20(19)11-15)22(26)23-13-17-8-9-25(14-17)18-6-4-3-5-7-18/h3-7,10-12,17,24H,8-9,13-14H2,1-2H3,(H,23,26). The van der Waals surface area contributed by atoms with Gasteiger partial charge in [0.05, 0.1) is 0 Å². The minimum Gasteiger partial charge on any atom is -0.371 e. The van der Waals surface area contributed by atoms with Crippen molar-refractivity contribution in [3.8, 4) is 0 Å². The summed E-state index contributed by atoms with van der Waals surface area (Å²) in [5.41, 5.74) is 5.35. The zero-order chi connectivity index (χ0) is 18.1. The van der Waals surface area contributed by atoms with Crippen molar-refractivity contribution in [3.05, 3.63) is 65.4 Å². The van der Waals surface area contributed by atoms with E-state index < -0.39 is 0 Å². The van der Waals surface area contributed by atoms with E-state index in [2.05, 4.69) is 65.4 Å². The van der Waals surface area contributed by atoms with Crippen LogP contribution in [0.15, 0.2) is 48.5 Å². The topological polar surface area (TPSA) is 48.1 Å². The molecule has 1 fully saturated rings. The Bertz CT molecular complexity index is 929. The first kappa shape index (κ1) is 16.7. The first-order chi connectivity index (χ1) is 12.6. The van der Waals surface area contributed by atoms with Gasteiger partial charge in [0.2, 0.25) is 0 Å². The van der Waals surface area contributed by atoms with E-state index in [0.717, 1.165) is 37.0 Å². The average Bonchev–Trinajstić information content (AvgIpc) is 3.27. The minimum absolute atomic E-state index is 0.0172. The molecule has 1 aromatic heterocycles. The van der Waals surface area contributed by atoms with Crippen LogP contribution in [0.2, 0.25) is 0 Å². The van der Waals surface area contributed by atoms with E-state index in [9.17, 15) is 4.79 Å². The summed E-state index contributed by atoms with van der Waals surface area (Å²) in [5, 5.41) is 4.23. The van der Waals surface area contributed by atoms with Crippen LogP contribution in [0.25, 0.3) is 10.9 Å². The molecule has 1 unspecified atom stereocenters. The molecule has 2 aromatic carbocycles. The summed E-state index contributed by atoms with van der Waals surface area (Å²) in [6.45, 7) is 6.92. The molecule has 26 heavy (non-hydrogen) atoms. The number of para-hydroxylation sites is 1. The van der Waals surface area contributed by atoms with Gasteiger partial charge in [0.25, 0.3) is 5.91 Å². The Morgan fingerprint density at radius 2 is 2.00 bits per heavy atom. The summed E-state index contributed by atoms with van der Waals surface area (Å²) in [6.07, 6.45) is 1.11. The van der Waals surface area contributed by atoms with Gasteiger partial charge in [-0.2, -0.15) is 0 Å². The van der Waals surface area contributed by atoms with Crippen molar-refractivity contribution in [2.75, 3.05) is 24.5 Å². The Morgan fingerprint density at radius 1 is 1.19 bits per heavy atom. The maximum Gasteiger partial charge on any atom is 0.267 e. The molecular weight excluding hydrogens is 322 g/mol. The van der Waals surface area contributed by atoms with Gasteiger partial charge in [-0.25, -0.2) is 0 Å². The molecule has 0 bridgehead atoms.